The number of carboxylic acid groups (broad SMARTS) is 1. The standard InChI is InChI=1S/C16H18N2O3S/c1-2-10(16(20)21)7-12(19)8-11-9-22-15(18-11)13-5-3-4-6-14(13)17/h3-6,9-10H,2,7-8,17H2,1H3,(H,20,21). The summed E-state index contributed by atoms with van der Waals surface area (Å²) >= 11 is 1.43. The number of nitrogens with two attached hydrogens (primary N) is 1. The zero-order valence-electron chi connectivity index (χ0n) is 12.3. The molecule has 1 heterocycles. The minimum absolute atomic E-state index is 0.0478. The summed E-state index contributed by atoms with van der Waals surface area (Å²) < 4.78 is 0. The van der Waals surface area contributed by atoms with E-state index in [9.17, 15) is 9.59 Å². The van der Waals surface area contributed by atoms with Crippen LogP contribution >= 0.6 is 11.3 Å². The number of aromatic nitrogens is 1. The largest absolute Gasteiger partial charge is 0.481 e. The van der Waals surface area contributed by atoms with Crippen molar-refractivity contribution in [2.75, 3.05) is 5.73 Å². The molecule has 0 saturated heterocycles. The molecule has 0 spiro atoms. The molecule has 0 radical (unpaired) electrons. The van der Waals surface area contributed by atoms with E-state index in [1.54, 1.807) is 13.0 Å². The molecule has 5 nitrogen and oxygen atoms in total. The van der Waals surface area contributed by atoms with Crippen molar-refractivity contribution in [3.8, 4) is 10.6 Å². The van der Waals surface area contributed by atoms with Crippen molar-refractivity contribution >= 4 is 28.8 Å². The van der Waals surface area contributed by atoms with E-state index in [1.165, 1.54) is 11.3 Å². The Kier molecular flexibility index (Phi) is 5.27. The second-order valence-corrected chi connectivity index (χ2v) is 5.95. The fourth-order valence-corrected chi connectivity index (χ4v) is 3.03. The highest BCUT2D eigenvalue weighted by Crippen LogP contribution is 2.28. The van der Waals surface area contributed by atoms with Crippen molar-refractivity contribution in [1.29, 1.82) is 0 Å². The van der Waals surface area contributed by atoms with Crippen molar-refractivity contribution in [2.24, 2.45) is 5.92 Å². The summed E-state index contributed by atoms with van der Waals surface area (Å²) in [6, 6.07) is 7.43. The van der Waals surface area contributed by atoms with Crippen LogP contribution in [0.4, 0.5) is 5.69 Å². The normalized spacial score (nSPS) is 12.0. The molecular formula is C16H18N2O3S. The number of rotatable bonds is 7. The van der Waals surface area contributed by atoms with Gasteiger partial charge in [0.1, 0.15) is 10.8 Å². The molecule has 22 heavy (non-hydrogen) atoms. The number of anilines is 1. The van der Waals surface area contributed by atoms with Crippen LogP contribution in [0.3, 0.4) is 0 Å². The lowest BCUT2D eigenvalue weighted by Crippen LogP contribution is -2.18. The number of ketones is 1. The van der Waals surface area contributed by atoms with E-state index in [0.717, 1.165) is 10.6 Å². The summed E-state index contributed by atoms with van der Waals surface area (Å²) in [5, 5.41) is 11.6. The van der Waals surface area contributed by atoms with Crippen LogP contribution in [0, 0.1) is 5.92 Å². The van der Waals surface area contributed by atoms with Crippen molar-refractivity contribution in [1.82, 2.24) is 4.98 Å². The van der Waals surface area contributed by atoms with E-state index >= 15 is 0 Å². The van der Waals surface area contributed by atoms with Crippen LogP contribution in [-0.2, 0) is 16.0 Å². The minimum atomic E-state index is -0.924. The van der Waals surface area contributed by atoms with Crippen LogP contribution in [0.2, 0.25) is 0 Å². The molecule has 0 bridgehead atoms. The van der Waals surface area contributed by atoms with Crippen LogP contribution in [-0.4, -0.2) is 21.8 Å². The van der Waals surface area contributed by atoms with Gasteiger partial charge in [0.05, 0.1) is 11.6 Å². The summed E-state index contributed by atoms with van der Waals surface area (Å²) in [5.74, 6) is -1.64. The van der Waals surface area contributed by atoms with Crippen LogP contribution in [0.15, 0.2) is 29.6 Å². The van der Waals surface area contributed by atoms with E-state index in [0.29, 0.717) is 17.8 Å². The Balaban J connectivity index is 2.05. The van der Waals surface area contributed by atoms with Gasteiger partial charge in [-0.2, -0.15) is 0 Å². The monoisotopic (exact) mass is 318 g/mol. The van der Waals surface area contributed by atoms with Crippen molar-refractivity contribution < 1.29 is 14.7 Å². The number of nitrogen functional groups attached to an aromatic ring is 1. The molecule has 1 unspecified atom stereocenters. The fraction of sp³-hybridized carbons (Fsp3) is 0.312. The quantitative estimate of drug-likeness (QED) is 0.765. The first-order chi connectivity index (χ1) is 10.5. The molecule has 2 aromatic rings. The molecule has 6 heteroatoms. The molecule has 1 atom stereocenters. The fourth-order valence-electron chi connectivity index (χ4n) is 2.16. The topological polar surface area (TPSA) is 93.3 Å². The Morgan fingerprint density at radius 3 is 2.73 bits per heavy atom. The van der Waals surface area contributed by atoms with Gasteiger partial charge >= 0.3 is 5.97 Å². The summed E-state index contributed by atoms with van der Waals surface area (Å²) in [7, 11) is 0. The van der Waals surface area contributed by atoms with Gasteiger partial charge in [0.25, 0.3) is 0 Å². The second kappa shape index (κ2) is 7.17. The highest BCUT2D eigenvalue weighted by Gasteiger charge is 2.20. The molecule has 116 valence electrons. The van der Waals surface area contributed by atoms with Gasteiger partial charge in [-0.1, -0.05) is 19.1 Å². The zero-order valence-corrected chi connectivity index (χ0v) is 13.1. The maximum absolute atomic E-state index is 12.0. The first-order valence-electron chi connectivity index (χ1n) is 7.05. The number of carbonyl (C=O) groups excluding carboxylic acids is 1. The van der Waals surface area contributed by atoms with Gasteiger partial charge in [-0.15, -0.1) is 11.3 Å². The average Bonchev–Trinajstić information content (AvgIpc) is 2.93. The molecule has 1 aromatic heterocycles. The molecule has 2 rings (SSSR count). The number of Topliss-reactive ketones (excluding diaryl/α,β-unsaturated/α-hetero) is 1. The number of hydrogen-bond acceptors (Lipinski definition) is 5. The predicted molar refractivity (Wildman–Crippen MR) is 86.7 cm³/mol. The van der Waals surface area contributed by atoms with Gasteiger partial charge in [-0.25, -0.2) is 4.98 Å². The number of para-hydroxylation sites is 1. The summed E-state index contributed by atoms with van der Waals surface area (Å²) in [6.45, 7) is 1.77. The van der Waals surface area contributed by atoms with Crippen molar-refractivity contribution in [2.45, 2.75) is 26.2 Å². The molecule has 1 aromatic carbocycles. The van der Waals surface area contributed by atoms with E-state index in [4.69, 9.17) is 10.8 Å². The first-order valence-corrected chi connectivity index (χ1v) is 7.93. The Hall–Kier alpha value is -2.21. The van der Waals surface area contributed by atoms with Gasteiger partial charge in [-0.05, 0) is 18.6 Å². The van der Waals surface area contributed by atoms with Crippen LogP contribution < -0.4 is 5.73 Å². The van der Waals surface area contributed by atoms with Gasteiger partial charge in [-0.3, -0.25) is 9.59 Å². The SMILES string of the molecule is CCC(CC(=O)Cc1csc(-c2ccccc2N)n1)C(=O)O. The highest BCUT2D eigenvalue weighted by atomic mass is 32.1. The van der Waals surface area contributed by atoms with Gasteiger partial charge < -0.3 is 10.8 Å². The van der Waals surface area contributed by atoms with Gasteiger partial charge in [0.2, 0.25) is 0 Å². The number of carboxylic acids is 1. The second-order valence-electron chi connectivity index (χ2n) is 5.09. The highest BCUT2D eigenvalue weighted by molar-refractivity contribution is 7.13. The Morgan fingerprint density at radius 2 is 2.09 bits per heavy atom. The number of aliphatic carboxylic acids is 1. The first kappa shape index (κ1) is 16.2. The zero-order chi connectivity index (χ0) is 16.1. The Labute approximate surface area is 132 Å². The molecule has 0 fully saturated rings. The lowest BCUT2D eigenvalue weighted by Gasteiger charge is -2.07. The van der Waals surface area contributed by atoms with E-state index in [2.05, 4.69) is 4.98 Å². The lowest BCUT2D eigenvalue weighted by molar-refractivity contribution is -0.143. The number of nitrogens with zero attached hydrogens (tertiary/aromatic N) is 1. The molecular weight excluding hydrogens is 300 g/mol. The number of hydrogen-bond donors (Lipinski definition) is 2. The molecule has 0 amide bonds. The van der Waals surface area contributed by atoms with E-state index < -0.39 is 11.9 Å². The minimum Gasteiger partial charge on any atom is -0.481 e. The van der Waals surface area contributed by atoms with Crippen molar-refractivity contribution in [3.05, 3.63) is 35.3 Å². The number of benzene rings is 1. The molecule has 0 saturated carbocycles. The van der Waals surface area contributed by atoms with Gasteiger partial charge in [0, 0.05) is 29.5 Å². The van der Waals surface area contributed by atoms with Crippen LogP contribution in [0.1, 0.15) is 25.5 Å². The van der Waals surface area contributed by atoms with E-state index in [-0.39, 0.29) is 18.6 Å². The third-order valence-electron chi connectivity index (χ3n) is 3.44. The number of carbonyl (C=O) groups is 2. The summed E-state index contributed by atoms with van der Waals surface area (Å²) in [6.07, 6.45) is 0.656. The summed E-state index contributed by atoms with van der Waals surface area (Å²) in [5.41, 5.74) is 8.07. The Bertz CT molecular complexity index is 682. The molecule has 0 aliphatic rings. The smallest absolute Gasteiger partial charge is 0.306 e. The molecule has 0 aliphatic heterocycles. The van der Waals surface area contributed by atoms with Crippen molar-refractivity contribution in [3.63, 3.8) is 0 Å². The average molecular weight is 318 g/mol. The van der Waals surface area contributed by atoms with E-state index in [1.807, 2.05) is 23.6 Å². The summed E-state index contributed by atoms with van der Waals surface area (Å²) in [4.78, 5) is 27.4. The molecule has 3 N–H and O–H groups in total. The lowest BCUT2D eigenvalue weighted by atomic mass is 9.98. The number of thiazole rings is 1. The maximum Gasteiger partial charge on any atom is 0.306 e. The third kappa shape index (κ3) is 3.92. The maximum atomic E-state index is 12.0. The Morgan fingerprint density at radius 1 is 1.36 bits per heavy atom. The third-order valence-corrected chi connectivity index (χ3v) is 4.36. The van der Waals surface area contributed by atoms with Gasteiger partial charge in [0.15, 0.2) is 0 Å². The molecule has 0 aliphatic carbocycles. The van der Waals surface area contributed by atoms with Crippen LogP contribution in [0.25, 0.3) is 10.6 Å². The predicted octanol–water partition coefficient (Wildman–Crippen LogP) is 3.00. The van der Waals surface area contributed by atoms with Crippen LogP contribution in [0.5, 0.6) is 0 Å².